The molecule has 8 heteroatoms. The van der Waals surface area contributed by atoms with E-state index in [4.69, 9.17) is 9.47 Å². The van der Waals surface area contributed by atoms with Gasteiger partial charge >= 0.3 is 11.7 Å². The molecule has 0 aliphatic heterocycles. The number of amides is 1. The number of esters is 1. The van der Waals surface area contributed by atoms with Crippen LogP contribution >= 0.6 is 0 Å². The molecule has 0 unspecified atom stereocenters. The molecule has 0 fully saturated rings. The van der Waals surface area contributed by atoms with Crippen LogP contribution in [0.5, 0.6) is 5.75 Å². The predicted octanol–water partition coefficient (Wildman–Crippen LogP) is 4.30. The van der Waals surface area contributed by atoms with Crippen LogP contribution in [0.25, 0.3) is 11.1 Å². The minimum atomic E-state index is -0.564. The fraction of sp³-hybridized carbons (Fsp3) is 0.167. The van der Waals surface area contributed by atoms with E-state index in [1.165, 1.54) is 19.2 Å². The molecule has 0 saturated carbocycles. The number of ether oxygens (including phenoxy) is 2. The molecule has 0 heterocycles. The molecular weight excluding hydrogens is 412 g/mol. The molecule has 3 aromatic carbocycles. The van der Waals surface area contributed by atoms with Crippen molar-refractivity contribution >= 4 is 23.3 Å². The summed E-state index contributed by atoms with van der Waals surface area (Å²) in [6.45, 7) is 1.15. The highest BCUT2D eigenvalue weighted by Crippen LogP contribution is 2.32. The number of nitrogens with zero attached hydrogens (tertiary/aromatic N) is 1. The fourth-order valence-corrected chi connectivity index (χ4v) is 3.11. The van der Waals surface area contributed by atoms with Crippen molar-refractivity contribution in [3.05, 3.63) is 88.0 Å². The molecule has 0 aromatic heterocycles. The fourth-order valence-electron chi connectivity index (χ4n) is 3.11. The minimum absolute atomic E-state index is 0.0202. The van der Waals surface area contributed by atoms with Gasteiger partial charge in [0.15, 0.2) is 12.4 Å². The van der Waals surface area contributed by atoms with Gasteiger partial charge in [0.25, 0.3) is 5.91 Å². The van der Waals surface area contributed by atoms with Crippen molar-refractivity contribution in [2.45, 2.75) is 13.3 Å². The van der Waals surface area contributed by atoms with Gasteiger partial charge in [-0.1, -0.05) is 54.6 Å². The number of hydrogen-bond acceptors (Lipinski definition) is 6. The molecular formula is C24H22N2O6. The molecule has 1 N–H and O–H groups in total. The van der Waals surface area contributed by atoms with Crippen LogP contribution in [0.3, 0.4) is 0 Å². The Morgan fingerprint density at radius 1 is 1.00 bits per heavy atom. The number of rotatable bonds is 8. The number of carbonyl (C=O) groups is 2. The van der Waals surface area contributed by atoms with Crippen LogP contribution in [0, 0.1) is 17.0 Å². The van der Waals surface area contributed by atoms with Gasteiger partial charge in [0, 0.05) is 17.8 Å². The Balaban J connectivity index is 1.54. The summed E-state index contributed by atoms with van der Waals surface area (Å²) in [5.41, 5.74) is 3.51. The monoisotopic (exact) mass is 434 g/mol. The third-order valence-corrected chi connectivity index (χ3v) is 4.77. The summed E-state index contributed by atoms with van der Waals surface area (Å²) in [7, 11) is 1.30. The molecule has 0 bridgehead atoms. The molecule has 32 heavy (non-hydrogen) atoms. The van der Waals surface area contributed by atoms with Gasteiger partial charge in [-0.2, -0.15) is 0 Å². The first-order chi connectivity index (χ1) is 15.4. The summed E-state index contributed by atoms with van der Waals surface area (Å²) < 4.78 is 10.1. The van der Waals surface area contributed by atoms with Crippen LogP contribution in [-0.2, 0) is 20.7 Å². The van der Waals surface area contributed by atoms with E-state index in [9.17, 15) is 19.7 Å². The highest BCUT2D eigenvalue weighted by atomic mass is 16.6. The summed E-state index contributed by atoms with van der Waals surface area (Å²) >= 11 is 0. The lowest BCUT2D eigenvalue weighted by Gasteiger charge is -2.11. The van der Waals surface area contributed by atoms with E-state index in [0.29, 0.717) is 11.3 Å². The van der Waals surface area contributed by atoms with Crippen molar-refractivity contribution in [3.63, 3.8) is 0 Å². The molecule has 0 saturated heterocycles. The maximum absolute atomic E-state index is 12.2. The second-order valence-electron chi connectivity index (χ2n) is 7.04. The maximum atomic E-state index is 12.2. The SMILES string of the molecule is COc1cc(NC(=O)COC(=O)Cc2ccc(-c3ccccc3)cc2)c(C)cc1[N+](=O)[O-]. The third kappa shape index (κ3) is 5.69. The third-order valence-electron chi connectivity index (χ3n) is 4.77. The maximum Gasteiger partial charge on any atom is 0.311 e. The summed E-state index contributed by atoms with van der Waals surface area (Å²) in [5.74, 6) is -1.07. The Morgan fingerprint density at radius 3 is 2.28 bits per heavy atom. The Kier molecular flexibility index (Phi) is 7.17. The first-order valence-electron chi connectivity index (χ1n) is 9.80. The Morgan fingerprint density at radius 2 is 1.66 bits per heavy atom. The molecule has 0 spiro atoms. The lowest BCUT2D eigenvalue weighted by atomic mass is 10.0. The molecule has 0 radical (unpaired) electrons. The molecule has 3 rings (SSSR count). The Labute approximate surface area is 184 Å². The van der Waals surface area contributed by atoms with Gasteiger partial charge in [-0.05, 0) is 29.2 Å². The van der Waals surface area contributed by atoms with Gasteiger partial charge in [0.1, 0.15) is 0 Å². The predicted molar refractivity (Wildman–Crippen MR) is 120 cm³/mol. The summed E-state index contributed by atoms with van der Waals surface area (Å²) in [5, 5.41) is 13.6. The number of nitrogens with one attached hydrogen (secondary N) is 1. The molecule has 8 nitrogen and oxygen atoms in total. The van der Waals surface area contributed by atoms with Crippen molar-refractivity contribution < 1.29 is 24.0 Å². The van der Waals surface area contributed by atoms with Crippen molar-refractivity contribution in [3.8, 4) is 16.9 Å². The number of nitro groups is 1. The van der Waals surface area contributed by atoms with E-state index < -0.39 is 23.4 Å². The highest BCUT2D eigenvalue weighted by Gasteiger charge is 2.18. The quantitative estimate of drug-likeness (QED) is 0.322. The number of methoxy groups -OCH3 is 1. The van der Waals surface area contributed by atoms with Crippen molar-refractivity contribution in [1.82, 2.24) is 0 Å². The smallest absolute Gasteiger partial charge is 0.311 e. The Hall–Kier alpha value is -4.20. The largest absolute Gasteiger partial charge is 0.490 e. The van der Waals surface area contributed by atoms with E-state index in [1.54, 1.807) is 6.92 Å². The zero-order valence-corrected chi connectivity index (χ0v) is 17.7. The van der Waals surface area contributed by atoms with Crippen LogP contribution in [-0.4, -0.2) is 30.5 Å². The van der Waals surface area contributed by atoms with Gasteiger partial charge < -0.3 is 14.8 Å². The van der Waals surface area contributed by atoms with E-state index in [-0.39, 0.29) is 17.9 Å². The zero-order valence-electron chi connectivity index (χ0n) is 17.7. The lowest BCUT2D eigenvalue weighted by Crippen LogP contribution is -2.22. The molecule has 0 aliphatic carbocycles. The van der Waals surface area contributed by atoms with Gasteiger partial charge in [-0.15, -0.1) is 0 Å². The highest BCUT2D eigenvalue weighted by molar-refractivity contribution is 5.94. The number of anilines is 1. The van der Waals surface area contributed by atoms with Crippen LogP contribution in [0.1, 0.15) is 11.1 Å². The van der Waals surface area contributed by atoms with Gasteiger partial charge in [-0.25, -0.2) is 0 Å². The first kappa shape index (κ1) is 22.5. The van der Waals surface area contributed by atoms with Gasteiger partial charge in [0.05, 0.1) is 18.5 Å². The van der Waals surface area contributed by atoms with Crippen molar-refractivity contribution in [2.24, 2.45) is 0 Å². The van der Waals surface area contributed by atoms with Crippen molar-refractivity contribution in [1.29, 1.82) is 0 Å². The average Bonchev–Trinajstić information content (AvgIpc) is 2.79. The van der Waals surface area contributed by atoms with Gasteiger partial charge in [-0.3, -0.25) is 19.7 Å². The van der Waals surface area contributed by atoms with Crippen LogP contribution in [0.4, 0.5) is 11.4 Å². The second-order valence-corrected chi connectivity index (χ2v) is 7.04. The molecule has 0 aliphatic rings. The summed E-state index contributed by atoms with van der Waals surface area (Å²) in [4.78, 5) is 34.8. The minimum Gasteiger partial charge on any atom is -0.490 e. The van der Waals surface area contributed by atoms with Gasteiger partial charge in [0.2, 0.25) is 0 Å². The normalized spacial score (nSPS) is 10.3. The number of benzene rings is 3. The average molecular weight is 434 g/mol. The van der Waals surface area contributed by atoms with Crippen molar-refractivity contribution in [2.75, 3.05) is 19.0 Å². The lowest BCUT2D eigenvalue weighted by molar-refractivity contribution is -0.385. The van der Waals surface area contributed by atoms with E-state index in [0.717, 1.165) is 16.7 Å². The number of aryl methyl sites for hydroxylation is 1. The number of nitro benzene ring substituents is 1. The second kappa shape index (κ2) is 10.2. The summed E-state index contributed by atoms with van der Waals surface area (Å²) in [6.07, 6.45) is 0.0345. The molecule has 164 valence electrons. The number of carbonyl (C=O) groups excluding carboxylic acids is 2. The van der Waals surface area contributed by atoms with E-state index in [2.05, 4.69) is 5.32 Å². The molecule has 0 atom stereocenters. The standard InChI is InChI=1S/C24H22N2O6/c1-16-12-21(26(29)30)22(31-2)14-20(16)25-23(27)15-32-24(28)13-17-8-10-19(11-9-17)18-6-4-3-5-7-18/h3-12,14H,13,15H2,1-2H3,(H,25,27). The topological polar surface area (TPSA) is 108 Å². The Bertz CT molecular complexity index is 1130. The summed E-state index contributed by atoms with van der Waals surface area (Å²) in [6, 6.07) is 20.1. The number of hydrogen-bond donors (Lipinski definition) is 1. The van der Waals surface area contributed by atoms with Crippen LogP contribution in [0.15, 0.2) is 66.7 Å². The zero-order chi connectivity index (χ0) is 23.1. The van der Waals surface area contributed by atoms with Crippen LogP contribution < -0.4 is 10.1 Å². The first-order valence-corrected chi connectivity index (χ1v) is 9.80. The molecule has 1 amide bonds. The molecule has 3 aromatic rings. The van der Waals surface area contributed by atoms with E-state index >= 15 is 0 Å². The van der Waals surface area contributed by atoms with Crippen LogP contribution in [0.2, 0.25) is 0 Å². The van der Waals surface area contributed by atoms with E-state index in [1.807, 2.05) is 54.6 Å².